The number of carbonyl (C=O) groups excluding carboxylic acids is 1. The normalized spacial score (nSPS) is 10.9. The molecule has 1 N–H and O–H groups in total. The number of hydrogen-bond acceptors (Lipinski definition) is 6. The van der Waals surface area contributed by atoms with Gasteiger partial charge in [0.05, 0.1) is 22.2 Å². The predicted octanol–water partition coefficient (Wildman–Crippen LogP) is 5.91. The zero-order valence-electron chi connectivity index (χ0n) is 18.5. The van der Waals surface area contributed by atoms with E-state index in [0.29, 0.717) is 11.1 Å². The average Bonchev–Trinajstić information content (AvgIpc) is 2.83. The Hall–Kier alpha value is -4.42. The summed E-state index contributed by atoms with van der Waals surface area (Å²) in [5.74, 6) is -0.905. The maximum Gasteiger partial charge on any atom is 0.269 e. The third-order valence-electron chi connectivity index (χ3n) is 4.66. The molecule has 0 aliphatic carbocycles. The molecular weight excluding hydrogens is 477 g/mol. The minimum atomic E-state index is -0.787. The van der Waals surface area contributed by atoms with E-state index in [1.807, 2.05) is 0 Å². The topological polar surface area (TPSA) is 114 Å². The van der Waals surface area contributed by atoms with Crippen LogP contribution in [0.25, 0.3) is 6.08 Å². The van der Waals surface area contributed by atoms with Crippen molar-refractivity contribution in [2.45, 2.75) is 13.5 Å². The van der Waals surface area contributed by atoms with Crippen molar-refractivity contribution in [3.8, 4) is 17.6 Å². The number of nitrogens with one attached hydrogen (secondary N) is 1. The van der Waals surface area contributed by atoms with Crippen LogP contribution >= 0.6 is 11.6 Å². The van der Waals surface area contributed by atoms with Crippen LogP contribution in [0.5, 0.6) is 11.5 Å². The molecule has 35 heavy (non-hydrogen) atoms. The van der Waals surface area contributed by atoms with Crippen LogP contribution in [-0.4, -0.2) is 17.4 Å². The van der Waals surface area contributed by atoms with Gasteiger partial charge in [-0.2, -0.15) is 5.26 Å². The van der Waals surface area contributed by atoms with Crippen LogP contribution in [-0.2, 0) is 11.4 Å². The number of benzene rings is 3. The molecule has 1 amide bonds. The Bertz CT molecular complexity index is 1320. The summed E-state index contributed by atoms with van der Waals surface area (Å²) >= 11 is 6.40. The summed E-state index contributed by atoms with van der Waals surface area (Å²) in [6.45, 7) is 2.12. The number of anilines is 1. The van der Waals surface area contributed by atoms with E-state index >= 15 is 0 Å². The van der Waals surface area contributed by atoms with Gasteiger partial charge in [0, 0.05) is 12.1 Å². The van der Waals surface area contributed by atoms with Crippen molar-refractivity contribution in [2.75, 3.05) is 11.9 Å². The van der Waals surface area contributed by atoms with E-state index in [9.17, 15) is 24.6 Å². The molecule has 3 aromatic rings. The summed E-state index contributed by atoms with van der Waals surface area (Å²) in [5, 5.41) is 22.8. The number of nitro groups is 1. The van der Waals surface area contributed by atoms with Crippen LogP contribution in [0.15, 0.2) is 66.2 Å². The highest BCUT2D eigenvalue weighted by Gasteiger charge is 2.16. The lowest BCUT2D eigenvalue weighted by Crippen LogP contribution is -2.14. The number of amides is 1. The van der Waals surface area contributed by atoms with Crippen LogP contribution in [0.2, 0.25) is 5.02 Å². The smallest absolute Gasteiger partial charge is 0.269 e. The Morgan fingerprint density at radius 1 is 1.20 bits per heavy atom. The molecule has 0 spiro atoms. The van der Waals surface area contributed by atoms with E-state index in [1.54, 1.807) is 37.3 Å². The van der Waals surface area contributed by atoms with Crippen molar-refractivity contribution >= 4 is 35.0 Å². The molecule has 0 radical (unpaired) electrons. The highest BCUT2D eigenvalue weighted by molar-refractivity contribution is 6.32. The molecule has 0 saturated heterocycles. The molecule has 0 aliphatic rings. The Balaban J connectivity index is 1.83. The number of non-ortho nitro benzene ring substituents is 1. The van der Waals surface area contributed by atoms with Crippen molar-refractivity contribution in [3.05, 3.63) is 98.3 Å². The van der Waals surface area contributed by atoms with E-state index in [4.69, 9.17) is 21.1 Å². The fraction of sp³-hybridized carbons (Fsp3) is 0.120. The summed E-state index contributed by atoms with van der Waals surface area (Å²) < 4.78 is 25.3. The summed E-state index contributed by atoms with van der Waals surface area (Å²) in [6.07, 6.45) is 1.30. The number of ether oxygens (including phenoxy) is 2. The molecule has 3 aromatic carbocycles. The largest absolute Gasteiger partial charge is 0.490 e. The van der Waals surface area contributed by atoms with Gasteiger partial charge in [0.2, 0.25) is 0 Å². The van der Waals surface area contributed by atoms with E-state index in [0.717, 1.165) is 0 Å². The SMILES string of the molecule is CCOc1cc(/C=C(/C#N)C(=O)Nc2ccccc2F)cc(Cl)c1OCc1ccc([N+](=O)[O-])cc1. The van der Waals surface area contributed by atoms with E-state index < -0.39 is 16.6 Å². The van der Waals surface area contributed by atoms with Gasteiger partial charge in [-0.1, -0.05) is 23.7 Å². The number of nitrogens with zero attached hydrogens (tertiary/aromatic N) is 2. The fourth-order valence-electron chi connectivity index (χ4n) is 3.01. The lowest BCUT2D eigenvalue weighted by Gasteiger charge is -2.15. The molecule has 0 unspecified atom stereocenters. The lowest BCUT2D eigenvalue weighted by molar-refractivity contribution is -0.384. The molecule has 0 fully saturated rings. The highest BCUT2D eigenvalue weighted by Crippen LogP contribution is 2.38. The minimum Gasteiger partial charge on any atom is -0.490 e. The summed E-state index contributed by atoms with van der Waals surface area (Å²) in [7, 11) is 0. The van der Waals surface area contributed by atoms with Crippen molar-refractivity contribution in [1.29, 1.82) is 5.26 Å². The standard InChI is InChI=1S/C25H19ClFN3O5/c1-2-34-23-13-17(11-18(14-28)25(31)29-22-6-4-3-5-21(22)27)12-20(26)24(23)35-15-16-7-9-19(10-8-16)30(32)33/h3-13H,2,15H2,1H3,(H,29,31)/b18-11-. The molecule has 178 valence electrons. The molecule has 0 saturated carbocycles. The summed E-state index contributed by atoms with van der Waals surface area (Å²) in [5.41, 5.74) is 0.703. The van der Waals surface area contributed by atoms with Crippen LogP contribution < -0.4 is 14.8 Å². The number of nitriles is 1. The van der Waals surface area contributed by atoms with Crippen molar-refractivity contribution in [1.82, 2.24) is 0 Å². The number of halogens is 2. The van der Waals surface area contributed by atoms with Gasteiger partial charge in [-0.05, 0) is 60.5 Å². The van der Waals surface area contributed by atoms with Gasteiger partial charge in [-0.15, -0.1) is 0 Å². The van der Waals surface area contributed by atoms with Crippen LogP contribution in [0.3, 0.4) is 0 Å². The van der Waals surface area contributed by atoms with Crippen LogP contribution in [0, 0.1) is 27.3 Å². The molecule has 0 bridgehead atoms. The molecule has 0 aromatic heterocycles. The van der Waals surface area contributed by atoms with Gasteiger partial charge in [-0.25, -0.2) is 4.39 Å². The van der Waals surface area contributed by atoms with Crippen molar-refractivity contribution in [3.63, 3.8) is 0 Å². The third kappa shape index (κ3) is 6.56. The Labute approximate surface area is 205 Å². The van der Waals surface area contributed by atoms with Gasteiger partial charge in [0.1, 0.15) is 24.1 Å². The maximum atomic E-state index is 13.8. The quantitative estimate of drug-likeness (QED) is 0.171. The third-order valence-corrected chi connectivity index (χ3v) is 4.94. The first-order chi connectivity index (χ1) is 16.8. The zero-order chi connectivity index (χ0) is 25.4. The first kappa shape index (κ1) is 25.2. The first-order valence-electron chi connectivity index (χ1n) is 10.3. The van der Waals surface area contributed by atoms with Gasteiger partial charge < -0.3 is 14.8 Å². The number of nitro benzene ring substituents is 1. The van der Waals surface area contributed by atoms with Crippen LogP contribution in [0.4, 0.5) is 15.8 Å². The Morgan fingerprint density at radius 3 is 2.54 bits per heavy atom. The first-order valence-corrected chi connectivity index (χ1v) is 10.7. The molecule has 0 atom stereocenters. The van der Waals surface area contributed by atoms with Gasteiger partial charge in [0.15, 0.2) is 11.5 Å². The zero-order valence-corrected chi connectivity index (χ0v) is 19.2. The van der Waals surface area contributed by atoms with Crippen molar-refractivity contribution < 1.29 is 23.6 Å². The minimum absolute atomic E-state index is 0.0368. The van der Waals surface area contributed by atoms with Gasteiger partial charge in [0.25, 0.3) is 11.6 Å². The number of rotatable bonds is 9. The predicted molar refractivity (Wildman–Crippen MR) is 129 cm³/mol. The molecule has 8 nitrogen and oxygen atoms in total. The summed E-state index contributed by atoms with van der Waals surface area (Å²) in [6, 6.07) is 16.3. The lowest BCUT2D eigenvalue weighted by atomic mass is 10.1. The second kappa shape index (κ2) is 11.6. The average molecular weight is 496 g/mol. The second-order valence-electron chi connectivity index (χ2n) is 7.08. The molecule has 0 heterocycles. The van der Waals surface area contributed by atoms with E-state index in [1.165, 1.54) is 42.5 Å². The molecule has 0 aliphatic heterocycles. The Kier molecular flexibility index (Phi) is 8.38. The van der Waals surface area contributed by atoms with E-state index in [2.05, 4.69) is 5.32 Å². The van der Waals surface area contributed by atoms with Crippen LogP contribution in [0.1, 0.15) is 18.1 Å². The number of carbonyl (C=O) groups is 1. The van der Waals surface area contributed by atoms with Gasteiger partial charge >= 0.3 is 0 Å². The number of hydrogen-bond donors (Lipinski definition) is 1. The molecule has 3 rings (SSSR count). The number of para-hydroxylation sites is 1. The highest BCUT2D eigenvalue weighted by atomic mass is 35.5. The fourth-order valence-corrected chi connectivity index (χ4v) is 3.28. The van der Waals surface area contributed by atoms with E-state index in [-0.39, 0.29) is 46.7 Å². The summed E-state index contributed by atoms with van der Waals surface area (Å²) in [4.78, 5) is 22.8. The monoisotopic (exact) mass is 495 g/mol. The molecular formula is C25H19ClFN3O5. The maximum absolute atomic E-state index is 13.8. The van der Waals surface area contributed by atoms with Crippen molar-refractivity contribution in [2.24, 2.45) is 0 Å². The second-order valence-corrected chi connectivity index (χ2v) is 7.49. The van der Waals surface area contributed by atoms with Gasteiger partial charge in [-0.3, -0.25) is 14.9 Å². The molecule has 10 heteroatoms. The Morgan fingerprint density at radius 2 is 1.91 bits per heavy atom.